The molecule has 0 spiro atoms. The van der Waals surface area contributed by atoms with Gasteiger partial charge in [-0.1, -0.05) is 95.9 Å². The van der Waals surface area contributed by atoms with Crippen LogP contribution in [0.4, 0.5) is 0 Å². The molecular weight excluding hydrogens is 336 g/mol. The number of benzene rings is 2. The van der Waals surface area contributed by atoms with E-state index >= 15 is 0 Å². The molecule has 0 bridgehead atoms. The molecular formula is C20H25BrO. The van der Waals surface area contributed by atoms with Crippen LogP contribution in [0.2, 0.25) is 0 Å². The number of unbranched alkanes of at least 4 members (excludes halogenated alkanes) is 4. The van der Waals surface area contributed by atoms with Crippen molar-refractivity contribution in [3.05, 3.63) is 71.8 Å². The smallest absolute Gasteiger partial charge is 0.115 e. The average Bonchev–Trinajstić information content (AvgIpc) is 2.59. The highest BCUT2D eigenvalue weighted by atomic mass is 79.9. The Morgan fingerprint density at radius 2 is 1.14 bits per heavy atom. The Balaban J connectivity index is 2.07. The molecule has 0 aromatic heterocycles. The van der Waals surface area contributed by atoms with Gasteiger partial charge in [-0.25, -0.2) is 0 Å². The van der Waals surface area contributed by atoms with Gasteiger partial charge in [0.1, 0.15) is 5.60 Å². The van der Waals surface area contributed by atoms with Crippen LogP contribution in [0, 0.1) is 0 Å². The van der Waals surface area contributed by atoms with Crippen LogP contribution < -0.4 is 0 Å². The SMILES string of the molecule is OC(CCCCCCCBr)(c1ccccc1)c1ccccc1. The number of hydrogen-bond donors (Lipinski definition) is 1. The topological polar surface area (TPSA) is 20.2 Å². The van der Waals surface area contributed by atoms with Crippen LogP contribution in [-0.4, -0.2) is 10.4 Å². The predicted octanol–water partition coefficient (Wildman–Crippen LogP) is 5.66. The highest BCUT2D eigenvalue weighted by molar-refractivity contribution is 9.09. The number of rotatable bonds is 9. The Kier molecular flexibility index (Phi) is 7.14. The molecule has 0 amide bonds. The molecule has 2 rings (SSSR count). The summed E-state index contributed by atoms with van der Waals surface area (Å²) in [5.74, 6) is 0. The highest BCUT2D eigenvalue weighted by Gasteiger charge is 2.30. The maximum atomic E-state index is 11.3. The van der Waals surface area contributed by atoms with Gasteiger partial charge in [0.05, 0.1) is 0 Å². The van der Waals surface area contributed by atoms with Gasteiger partial charge in [-0.2, -0.15) is 0 Å². The van der Waals surface area contributed by atoms with Gasteiger partial charge in [0.2, 0.25) is 0 Å². The summed E-state index contributed by atoms with van der Waals surface area (Å²) in [4.78, 5) is 0. The lowest BCUT2D eigenvalue weighted by Crippen LogP contribution is -2.27. The van der Waals surface area contributed by atoms with E-state index in [1.807, 2.05) is 60.7 Å². The second kappa shape index (κ2) is 9.12. The fraction of sp³-hybridized carbons (Fsp3) is 0.400. The first-order chi connectivity index (χ1) is 10.8. The maximum absolute atomic E-state index is 11.3. The molecule has 0 heterocycles. The average molecular weight is 361 g/mol. The van der Waals surface area contributed by atoms with E-state index in [1.54, 1.807) is 0 Å². The molecule has 0 unspecified atom stereocenters. The zero-order valence-corrected chi connectivity index (χ0v) is 14.6. The largest absolute Gasteiger partial charge is 0.380 e. The molecule has 0 saturated heterocycles. The lowest BCUT2D eigenvalue weighted by atomic mass is 9.82. The zero-order chi connectivity index (χ0) is 15.7. The van der Waals surface area contributed by atoms with Crippen molar-refractivity contribution in [1.82, 2.24) is 0 Å². The van der Waals surface area contributed by atoms with E-state index in [2.05, 4.69) is 15.9 Å². The first-order valence-corrected chi connectivity index (χ1v) is 9.29. The number of alkyl halides is 1. The van der Waals surface area contributed by atoms with Crippen molar-refractivity contribution >= 4 is 15.9 Å². The summed E-state index contributed by atoms with van der Waals surface area (Å²) in [6.45, 7) is 0. The minimum atomic E-state index is -0.877. The van der Waals surface area contributed by atoms with E-state index in [9.17, 15) is 5.11 Å². The van der Waals surface area contributed by atoms with Crippen molar-refractivity contribution in [1.29, 1.82) is 0 Å². The van der Waals surface area contributed by atoms with Crippen molar-refractivity contribution in [2.24, 2.45) is 0 Å². The maximum Gasteiger partial charge on any atom is 0.115 e. The van der Waals surface area contributed by atoms with Crippen molar-refractivity contribution in [3.8, 4) is 0 Å². The second-order valence-corrected chi connectivity index (χ2v) is 6.59. The van der Waals surface area contributed by atoms with Crippen LogP contribution in [0.3, 0.4) is 0 Å². The Labute approximate surface area is 142 Å². The van der Waals surface area contributed by atoms with Gasteiger partial charge in [0.25, 0.3) is 0 Å². The van der Waals surface area contributed by atoms with Crippen molar-refractivity contribution < 1.29 is 5.11 Å². The van der Waals surface area contributed by atoms with Crippen LogP contribution >= 0.6 is 15.9 Å². The van der Waals surface area contributed by atoms with Crippen molar-refractivity contribution in [3.63, 3.8) is 0 Å². The molecule has 0 radical (unpaired) electrons. The highest BCUT2D eigenvalue weighted by Crippen LogP contribution is 2.34. The fourth-order valence-electron chi connectivity index (χ4n) is 2.89. The Morgan fingerprint density at radius 3 is 1.64 bits per heavy atom. The first kappa shape index (κ1) is 17.2. The summed E-state index contributed by atoms with van der Waals surface area (Å²) in [6.07, 6.45) is 6.74. The van der Waals surface area contributed by atoms with Gasteiger partial charge in [0, 0.05) is 5.33 Å². The van der Waals surface area contributed by atoms with Crippen LogP contribution in [0.1, 0.15) is 49.7 Å². The minimum absolute atomic E-state index is 0.773. The third-order valence-corrected chi connectivity index (χ3v) is 4.74. The second-order valence-electron chi connectivity index (χ2n) is 5.80. The van der Waals surface area contributed by atoms with E-state index in [-0.39, 0.29) is 0 Å². The third-order valence-electron chi connectivity index (χ3n) is 4.17. The molecule has 2 heteroatoms. The Hall–Kier alpha value is -1.12. The van der Waals surface area contributed by atoms with Gasteiger partial charge >= 0.3 is 0 Å². The number of halogens is 1. The summed E-state index contributed by atoms with van der Waals surface area (Å²) in [7, 11) is 0. The summed E-state index contributed by atoms with van der Waals surface area (Å²) in [5, 5.41) is 12.4. The van der Waals surface area contributed by atoms with E-state index in [4.69, 9.17) is 0 Å². The lowest BCUT2D eigenvalue weighted by Gasteiger charge is -2.29. The molecule has 118 valence electrons. The third kappa shape index (κ3) is 4.69. The molecule has 0 atom stereocenters. The van der Waals surface area contributed by atoms with E-state index in [0.29, 0.717) is 0 Å². The van der Waals surface area contributed by atoms with Gasteiger partial charge in [-0.05, 0) is 30.4 Å². The molecule has 1 N–H and O–H groups in total. The van der Waals surface area contributed by atoms with Gasteiger partial charge < -0.3 is 5.11 Å². The molecule has 0 saturated carbocycles. The summed E-state index contributed by atoms with van der Waals surface area (Å²) in [5.41, 5.74) is 1.10. The van der Waals surface area contributed by atoms with E-state index < -0.39 is 5.60 Å². The quantitative estimate of drug-likeness (QED) is 0.451. The minimum Gasteiger partial charge on any atom is -0.380 e. The molecule has 0 fully saturated rings. The standard InChI is InChI=1S/C20H25BrO/c21-17-11-3-1-2-10-16-20(22,18-12-6-4-7-13-18)19-14-8-5-9-15-19/h4-9,12-15,22H,1-3,10-11,16-17H2. The van der Waals surface area contributed by atoms with Crippen molar-refractivity contribution in [2.75, 3.05) is 5.33 Å². The first-order valence-electron chi connectivity index (χ1n) is 8.17. The van der Waals surface area contributed by atoms with Crippen molar-refractivity contribution in [2.45, 2.75) is 44.1 Å². The van der Waals surface area contributed by atoms with E-state index in [1.165, 1.54) is 25.7 Å². The summed E-state index contributed by atoms with van der Waals surface area (Å²) >= 11 is 3.47. The van der Waals surface area contributed by atoms with Crippen LogP contribution in [0.5, 0.6) is 0 Å². The zero-order valence-electron chi connectivity index (χ0n) is 13.0. The van der Waals surface area contributed by atoms with Gasteiger partial charge in [-0.15, -0.1) is 0 Å². The summed E-state index contributed by atoms with van der Waals surface area (Å²) in [6, 6.07) is 20.1. The Bertz CT molecular complexity index is 484. The van der Waals surface area contributed by atoms with E-state index in [0.717, 1.165) is 29.3 Å². The Morgan fingerprint density at radius 1 is 0.682 bits per heavy atom. The molecule has 0 aliphatic rings. The normalized spacial score (nSPS) is 11.5. The number of aliphatic hydroxyl groups is 1. The van der Waals surface area contributed by atoms with Crippen LogP contribution in [0.25, 0.3) is 0 Å². The van der Waals surface area contributed by atoms with Crippen LogP contribution in [-0.2, 0) is 5.60 Å². The molecule has 0 aliphatic heterocycles. The van der Waals surface area contributed by atoms with Crippen LogP contribution in [0.15, 0.2) is 60.7 Å². The molecule has 0 aliphatic carbocycles. The molecule has 22 heavy (non-hydrogen) atoms. The fourth-order valence-corrected chi connectivity index (χ4v) is 3.29. The molecule has 2 aromatic rings. The monoisotopic (exact) mass is 360 g/mol. The predicted molar refractivity (Wildman–Crippen MR) is 97.4 cm³/mol. The van der Waals surface area contributed by atoms with Gasteiger partial charge in [-0.3, -0.25) is 0 Å². The molecule has 2 aromatic carbocycles. The molecule has 1 nitrogen and oxygen atoms in total. The summed E-state index contributed by atoms with van der Waals surface area (Å²) < 4.78 is 0. The lowest BCUT2D eigenvalue weighted by molar-refractivity contribution is 0.0679. The number of hydrogen-bond acceptors (Lipinski definition) is 1. The van der Waals surface area contributed by atoms with Gasteiger partial charge in [0.15, 0.2) is 0 Å².